The summed E-state index contributed by atoms with van der Waals surface area (Å²) < 4.78 is 19.3. The second-order valence-electron chi connectivity index (χ2n) is 9.71. The zero-order valence-electron chi connectivity index (χ0n) is 21.1. The number of ether oxygens (including phenoxy) is 1. The van der Waals surface area contributed by atoms with Crippen molar-refractivity contribution in [2.75, 3.05) is 26.2 Å². The van der Waals surface area contributed by atoms with Gasteiger partial charge in [-0.1, -0.05) is 48.5 Å². The Balaban J connectivity index is 1.47. The van der Waals surface area contributed by atoms with Crippen LogP contribution < -0.4 is 10.6 Å². The van der Waals surface area contributed by atoms with Gasteiger partial charge < -0.3 is 20.3 Å². The van der Waals surface area contributed by atoms with Crippen LogP contribution in [0.3, 0.4) is 0 Å². The molecule has 38 heavy (non-hydrogen) atoms. The fourth-order valence-electron chi connectivity index (χ4n) is 5.31. The minimum Gasteiger partial charge on any atom is -0.376 e. The average molecular weight is 519 g/mol. The van der Waals surface area contributed by atoms with E-state index < -0.39 is 17.9 Å². The smallest absolute Gasteiger partial charge is 0.322 e. The Morgan fingerprint density at radius 2 is 1.95 bits per heavy atom. The van der Waals surface area contributed by atoms with E-state index in [1.54, 1.807) is 18.2 Å². The lowest BCUT2D eigenvalue weighted by Crippen LogP contribution is -2.51. The van der Waals surface area contributed by atoms with Crippen LogP contribution in [0.25, 0.3) is 0 Å². The lowest BCUT2D eigenvalue weighted by Gasteiger charge is -2.33. The molecule has 2 aromatic carbocycles. The number of hydrogen-bond acceptors (Lipinski definition) is 4. The number of nitrogens with one attached hydrogen (secondary N) is 2. The van der Waals surface area contributed by atoms with E-state index in [2.05, 4.69) is 17.2 Å². The van der Waals surface area contributed by atoms with Crippen LogP contribution in [0.5, 0.6) is 0 Å². The molecule has 9 heteroatoms. The molecule has 2 N–H and O–H groups in total. The Morgan fingerprint density at radius 1 is 1.18 bits per heavy atom. The largest absolute Gasteiger partial charge is 0.376 e. The highest BCUT2D eigenvalue weighted by atomic mass is 19.1. The molecule has 3 heterocycles. The molecule has 2 aromatic rings. The van der Waals surface area contributed by atoms with E-state index in [1.165, 1.54) is 21.9 Å². The number of urea groups is 1. The summed E-state index contributed by atoms with van der Waals surface area (Å²) in [7, 11) is 0. The molecule has 1 fully saturated rings. The summed E-state index contributed by atoms with van der Waals surface area (Å²) in [4.78, 5) is 43.7. The molecule has 0 saturated carbocycles. The van der Waals surface area contributed by atoms with Gasteiger partial charge in [0.05, 0.1) is 30.0 Å². The van der Waals surface area contributed by atoms with Gasteiger partial charge >= 0.3 is 6.03 Å². The number of halogens is 1. The van der Waals surface area contributed by atoms with Crippen molar-refractivity contribution < 1.29 is 23.5 Å². The Morgan fingerprint density at radius 3 is 2.63 bits per heavy atom. The molecule has 0 radical (unpaired) electrons. The molecular formula is C29H31FN4O4. The molecule has 8 nitrogen and oxygen atoms in total. The number of carbonyl (C=O) groups excluding carboxylic acids is 3. The van der Waals surface area contributed by atoms with Crippen molar-refractivity contribution >= 4 is 17.8 Å². The minimum absolute atomic E-state index is 0.0373. The molecule has 4 amide bonds. The summed E-state index contributed by atoms with van der Waals surface area (Å²) in [5.74, 6) is -1.02. The lowest BCUT2D eigenvalue weighted by atomic mass is 9.95. The van der Waals surface area contributed by atoms with Crippen molar-refractivity contribution in [3.8, 4) is 0 Å². The first kappa shape index (κ1) is 25.7. The van der Waals surface area contributed by atoms with Gasteiger partial charge in [0.2, 0.25) is 5.91 Å². The summed E-state index contributed by atoms with van der Waals surface area (Å²) in [6.45, 7) is 5.11. The van der Waals surface area contributed by atoms with Crippen molar-refractivity contribution in [3.05, 3.63) is 95.5 Å². The van der Waals surface area contributed by atoms with E-state index in [0.29, 0.717) is 36.4 Å². The minimum atomic E-state index is -0.800. The molecule has 0 aromatic heterocycles. The molecule has 3 aliphatic rings. The third kappa shape index (κ3) is 5.19. The number of rotatable bonds is 9. The zero-order chi connectivity index (χ0) is 26.6. The number of carbonyl (C=O) groups is 3. The van der Waals surface area contributed by atoms with E-state index in [4.69, 9.17) is 4.74 Å². The lowest BCUT2D eigenvalue weighted by molar-refractivity contribution is -0.136. The van der Waals surface area contributed by atoms with Gasteiger partial charge in [-0.2, -0.15) is 0 Å². The molecule has 0 aliphatic carbocycles. The van der Waals surface area contributed by atoms with Crippen molar-refractivity contribution in [2.45, 2.75) is 37.5 Å². The predicted octanol–water partition coefficient (Wildman–Crippen LogP) is 3.08. The van der Waals surface area contributed by atoms with Gasteiger partial charge in [0.1, 0.15) is 11.9 Å². The second kappa shape index (κ2) is 11.2. The highest BCUT2D eigenvalue weighted by molar-refractivity contribution is 6.03. The Labute approximate surface area is 221 Å². The monoisotopic (exact) mass is 518 g/mol. The predicted molar refractivity (Wildman–Crippen MR) is 139 cm³/mol. The standard InChI is InChI=1S/C29H31FN4O4/c1-2-14-33-24-18-34(28(36)25(24)26(32-29(33)37)20-10-12-21(30)13-11-20)23(16-19-7-4-3-5-8-19)27(35)31-17-22-9-6-15-38-22/h2-5,7-8,10-13,22-23,26H,1,6,9,14-18H2,(H,31,35)(H,32,37)/t22-,23-,26-/m1/s1. The number of hydrogen-bond donors (Lipinski definition) is 2. The molecule has 3 atom stereocenters. The molecule has 198 valence electrons. The quantitative estimate of drug-likeness (QED) is 0.500. The van der Waals surface area contributed by atoms with Crippen LogP contribution in [0.4, 0.5) is 9.18 Å². The van der Waals surface area contributed by atoms with Gasteiger partial charge in [-0.3, -0.25) is 14.5 Å². The Bertz CT molecular complexity index is 1240. The fraction of sp³-hybridized carbons (Fsp3) is 0.345. The number of benzene rings is 2. The van der Waals surface area contributed by atoms with Gasteiger partial charge in [0.15, 0.2) is 0 Å². The molecule has 0 spiro atoms. The highest BCUT2D eigenvalue weighted by Crippen LogP contribution is 2.37. The van der Waals surface area contributed by atoms with Gasteiger partial charge in [0.25, 0.3) is 5.91 Å². The van der Waals surface area contributed by atoms with Crippen LogP contribution in [-0.2, 0) is 20.7 Å². The summed E-state index contributed by atoms with van der Waals surface area (Å²) in [6, 6.07) is 13.3. The van der Waals surface area contributed by atoms with E-state index in [1.807, 2.05) is 30.3 Å². The van der Waals surface area contributed by atoms with Crippen molar-refractivity contribution in [1.82, 2.24) is 20.4 Å². The first-order valence-corrected chi connectivity index (χ1v) is 12.9. The summed E-state index contributed by atoms with van der Waals surface area (Å²) in [5.41, 5.74) is 2.40. The first-order valence-electron chi connectivity index (χ1n) is 12.9. The van der Waals surface area contributed by atoms with E-state index in [0.717, 1.165) is 18.4 Å². The maximum absolute atomic E-state index is 14.0. The number of amides is 4. The third-order valence-electron chi connectivity index (χ3n) is 7.24. The van der Waals surface area contributed by atoms with Gasteiger partial charge in [-0.05, 0) is 36.1 Å². The summed E-state index contributed by atoms with van der Waals surface area (Å²) in [6.07, 6.45) is 3.70. The van der Waals surface area contributed by atoms with Gasteiger partial charge in [-0.15, -0.1) is 6.58 Å². The molecular weight excluding hydrogens is 487 g/mol. The molecule has 3 aliphatic heterocycles. The molecule has 5 rings (SSSR count). The molecule has 0 bridgehead atoms. The van der Waals surface area contributed by atoms with Crippen molar-refractivity contribution in [2.24, 2.45) is 0 Å². The van der Waals surface area contributed by atoms with Crippen LogP contribution in [0.2, 0.25) is 0 Å². The second-order valence-corrected chi connectivity index (χ2v) is 9.71. The van der Waals surface area contributed by atoms with E-state index in [9.17, 15) is 18.8 Å². The third-order valence-corrected chi connectivity index (χ3v) is 7.24. The zero-order valence-corrected chi connectivity index (χ0v) is 21.1. The normalized spacial score (nSPS) is 21.8. The van der Waals surface area contributed by atoms with Crippen LogP contribution in [-0.4, -0.2) is 66.0 Å². The SMILES string of the molecule is C=CCN1C(=O)N[C@H](c2ccc(F)cc2)C2=C1CN([C@H](Cc1ccccc1)C(=O)NC[C@H]1CCCO1)C2=O. The van der Waals surface area contributed by atoms with Crippen LogP contribution in [0, 0.1) is 5.82 Å². The first-order chi connectivity index (χ1) is 18.5. The molecule has 1 saturated heterocycles. The summed E-state index contributed by atoms with van der Waals surface area (Å²) >= 11 is 0. The van der Waals surface area contributed by atoms with Crippen LogP contribution in [0.1, 0.15) is 30.0 Å². The van der Waals surface area contributed by atoms with Crippen molar-refractivity contribution in [1.29, 1.82) is 0 Å². The van der Waals surface area contributed by atoms with Crippen LogP contribution >= 0.6 is 0 Å². The van der Waals surface area contributed by atoms with E-state index in [-0.39, 0.29) is 37.0 Å². The van der Waals surface area contributed by atoms with Gasteiger partial charge in [-0.25, -0.2) is 9.18 Å². The maximum Gasteiger partial charge on any atom is 0.322 e. The average Bonchev–Trinajstić information content (AvgIpc) is 3.57. The highest BCUT2D eigenvalue weighted by Gasteiger charge is 2.47. The fourth-order valence-corrected chi connectivity index (χ4v) is 5.31. The summed E-state index contributed by atoms with van der Waals surface area (Å²) in [5, 5.41) is 5.87. The van der Waals surface area contributed by atoms with Crippen LogP contribution in [0.15, 0.2) is 78.5 Å². The maximum atomic E-state index is 14.0. The Hall–Kier alpha value is -3.98. The van der Waals surface area contributed by atoms with E-state index >= 15 is 0 Å². The number of nitrogens with zero attached hydrogens (tertiary/aromatic N) is 2. The van der Waals surface area contributed by atoms with Crippen molar-refractivity contribution in [3.63, 3.8) is 0 Å². The Kier molecular flexibility index (Phi) is 7.55. The van der Waals surface area contributed by atoms with Gasteiger partial charge in [0, 0.05) is 26.1 Å². The topological polar surface area (TPSA) is 91.0 Å². The molecule has 0 unspecified atom stereocenters.